The molecule has 0 atom stereocenters. The highest BCUT2D eigenvalue weighted by atomic mass is 32.2. The minimum absolute atomic E-state index is 0.0497. The lowest BCUT2D eigenvalue weighted by Crippen LogP contribution is -2.20. The van der Waals surface area contributed by atoms with E-state index in [2.05, 4.69) is 46.4 Å². The SMILES string of the molecule is CC(C)(C)c1ccccc1NC(=O)CSc1nnnn1-c1ccc(OC(F)(F)F)cc1. The maximum Gasteiger partial charge on any atom is 0.573 e. The van der Waals surface area contributed by atoms with Crippen molar-refractivity contribution in [3.05, 3.63) is 54.1 Å². The van der Waals surface area contributed by atoms with Crippen LogP contribution in [0.2, 0.25) is 0 Å². The summed E-state index contributed by atoms with van der Waals surface area (Å²) in [6.45, 7) is 6.18. The van der Waals surface area contributed by atoms with Crippen LogP contribution in [0.25, 0.3) is 5.69 Å². The Morgan fingerprint density at radius 3 is 2.42 bits per heavy atom. The van der Waals surface area contributed by atoms with Gasteiger partial charge in [-0.15, -0.1) is 18.3 Å². The fourth-order valence-electron chi connectivity index (χ4n) is 2.78. The van der Waals surface area contributed by atoms with Gasteiger partial charge in [-0.3, -0.25) is 4.79 Å². The molecule has 1 amide bonds. The summed E-state index contributed by atoms with van der Waals surface area (Å²) in [7, 11) is 0. The summed E-state index contributed by atoms with van der Waals surface area (Å²) in [4.78, 5) is 12.5. The Morgan fingerprint density at radius 1 is 1.10 bits per heavy atom. The fourth-order valence-corrected chi connectivity index (χ4v) is 3.47. The monoisotopic (exact) mass is 451 g/mol. The molecular formula is C20H20F3N5O2S. The van der Waals surface area contributed by atoms with Crippen molar-refractivity contribution in [2.24, 2.45) is 0 Å². The zero-order valence-electron chi connectivity index (χ0n) is 17.0. The van der Waals surface area contributed by atoms with Gasteiger partial charge in [-0.1, -0.05) is 50.7 Å². The van der Waals surface area contributed by atoms with Crippen molar-refractivity contribution < 1.29 is 22.7 Å². The van der Waals surface area contributed by atoms with Gasteiger partial charge in [0.1, 0.15) is 5.75 Å². The first-order valence-electron chi connectivity index (χ1n) is 9.20. The van der Waals surface area contributed by atoms with Crippen molar-refractivity contribution in [1.82, 2.24) is 20.2 Å². The van der Waals surface area contributed by atoms with Crippen molar-refractivity contribution in [3.63, 3.8) is 0 Å². The fraction of sp³-hybridized carbons (Fsp3) is 0.300. The van der Waals surface area contributed by atoms with Crippen LogP contribution in [-0.4, -0.2) is 38.2 Å². The van der Waals surface area contributed by atoms with Crippen molar-refractivity contribution in [3.8, 4) is 11.4 Å². The second-order valence-electron chi connectivity index (χ2n) is 7.55. The summed E-state index contributed by atoms with van der Waals surface area (Å²) in [6.07, 6.45) is -4.77. The molecule has 0 spiro atoms. The van der Waals surface area contributed by atoms with E-state index >= 15 is 0 Å². The molecule has 1 heterocycles. The molecule has 1 aromatic heterocycles. The molecule has 2 aromatic carbocycles. The largest absolute Gasteiger partial charge is 0.573 e. The summed E-state index contributed by atoms with van der Waals surface area (Å²) < 4.78 is 42.1. The van der Waals surface area contributed by atoms with Gasteiger partial charge in [-0.2, -0.15) is 4.68 Å². The van der Waals surface area contributed by atoms with Gasteiger partial charge in [-0.05, 0) is 51.7 Å². The molecule has 0 aliphatic heterocycles. The zero-order valence-corrected chi connectivity index (χ0v) is 17.8. The molecule has 7 nitrogen and oxygen atoms in total. The van der Waals surface area contributed by atoms with Gasteiger partial charge in [0.2, 0.25) is 11.1 Å². The van der Waals surface area contributed by atoms with E-state index < -0.39 is 6.36 Å². The lowest BCUT2D eigenvalue weighted by molar-refractivity contribution is -0.274. The number of ether oxygens (including phenoxy) is 1. The summed E-state index contributed by atoms with van der Waals surface area (Å²) in [6, 6.07) is 12.7. The molecule has 31 heavy (non-hydrogen) atoms. The van der Waals surface area contributed by atoms with Gasteiger partial charge in [-0.25, -0.2) is 0 Å². The lowest BCUT2D eigenvalue weighted by atomic mass is 9.86. The number of carbonyl (C=O) groups is 1. The molecule has 3 rings (SSSR count). The molecule has 0 aliphatic carbocycles. The summed E-state index contributed by atoms with van der Waals surface area (Å²) in [5, 5.41) is 14.5. The van der Waals surface area contributed by atoms with Crippen LogP contribution in [0.5, 0.6) is 5.75 Å². The first-order chi connectivity index (χ1) is 14.5. The highest BCUT2D eigenvalue weighted by molar-refractivity contribution is 7.99. The molecule has 0 bridgehead atoms. The number of nitrogens with one attached hydrogen (secondary N) is 1. The third kappa shape index (κ3) is 6.20. The predicted octanol–water partition coefficient (Wildman–Crippen LogP) is 4.59. The zero-order chi connectivity index (χ0) is 22.6. The van der Waals surface area contributed by atoms with Crippen molar-refractivity contribution in [2.75, 3.05) is 11.1 Å². The van der Waals surface area contributed by atoms with Crippen LogP contribution in [0.15, 0.2) is 53.7 Å². The van der Waals surface area contributed by atoms with Gasteiger partial charge < -0.3 is 10.1 Å². The van der Waals surface area contributed by atoms with E-state index in [1.165, 1.54) is 16.8 Å². The topological polar surface area (TPSA) is 81.9 Å². The molecule has 0 fully saturated rings. The number of tetrazole rings is 1. The smallest absolute Gasteiger partial charge is 0.406 e. The van der Waals surface area contributed by atoms with E-state index in [-0.39, 0.29) is 22.8 Å². The predicted molar refractivity (Wildman–Crippen MR) is 110 cm³/mol. The molecule has 164 valence electrons. The Balaban J connectivity index is 1.66. The van der Waals surface area contributed by atoms with E-state index in [0.717, 1.165) is 35.1 Å². The van der Waals surface area contributed by atoms with Crippen LogP contribution in [-0.2, 0) is 10.2 Å². The van der Waals surface area contributed by atoms with Gasteiger partial charge in [0.05, 0.1) is 11.4 Å². The first kappa shape index (κ1) is 22.6. The minimum atomic E-state index is -4.77. The van der Waals surface area contributed by atoms with Gasteiger partial charge in [0, 0.05) is 5.69 Å². The Labute approximate surface area is 181 Å². The second kappa shape index (κ2) is 8.96. The molecule has 0 unspecified atom stereocenters. The van der Waals surface area contributed by atoms with Crippen LogP contribution in [0.3, 0.4) is 0 Å². The van der Waals surface area contributed by atoms with E-state index in [1.807, 2.05) is 24.3 Å². The number of para-hydroxylation sites is 1. The Morgan fingerprint density at radius 2 is 1.77 bits per heavy atom. The Kier molecular flexibility index (Phi) is 6.54. The van der Waals surface area contributed by atoms with Crippen molar-refractivity contribution in [2.45, 2.75) is 37.7 Å². The van der Waals surface area contributed by atoms with Crippen LogP contribution >= 0.6 is 11.8 Å². The highest BCUT2D eigenvalue weighted by Crippen LogP contribution is 2.30. The van der Waals surface area contributed by atoms with Gasteiger partial charge >= 0.3 is 6.36 Å². The number of rotatable bonds is 6. The van der Waals surface area contributed by atoms with E-state index in [9.17, 15) is 18.0 Å². The average molecular weight is 451 g/mol. The number of halogens is 3. The molecule has 0 saturated heterocycles. The highest BCUT2D eigenvalue weighted by Gasteiger charge is 2.31. The Hall–Kier alpha value is -3.08. The normalized spacial score (nSPS) is 11.9. The minimum Gasteiger partial charge on any atom is -0.406 e. The number of alkyl halides is 3. The number of hydrogen-bond acceptors (Lipinski definition) is 6. The number of nitrogens with zero attached hydrogens (tertiary/aromatic N) is 4. The first-order valence-corrected chi connectivity index (χ1v) is 10.2. The number of anilines is 1. The molecule has 11 heteroatoms. The van der Waals surface area contributed by atoms with Crippen molar-refractivity contribution >= 4 is 23.4 Å². The standard InChI is InChI=1S/C20H20F3N5O2S/c1-19(2,3)15-6-4-5-7-16(15)24-17(29)12-31-18-25-26-27-28(18)13-8-10-14(11-9-13)30-20(21,22)23/h4-11H,12H2,1-3H3,(H,24,29). The molecular weight excluding hydrogens is 431 g/mol. The van der Waals surface area contributed by atoms with Gasteiger partial charge in [0.25, 0.3) is 0 Å². The van der Waals surface area contributed by atoms with E-state index in [0.29, 0.717) is 10.8 Å². The van der Waals surface area contributed by atoms with Crippen LogP contribution in [0, 0.1) is 0 Å². The quantitative estimate of drug-likeness (QED) is 0.552. The maximum absolute atomic E-state index is 12.5. The van der Waals surface area contributed by atoms with Gasteiger partial charge in [0.15, 0.2) is 0 Å². The molecule has 0 saturated carbocycles. The molecule has 3 aromatic rings. The number of aromatic nitrogens is 4. The maximum atomic E-state index is 12.5. The average Bonchev–Trinajstić information content (AvgIpc) is 3.14. The van der Waals surface area contributed by atoms with Crippen LogP contribution in [0.1, 0.15) is 26.3 Å². The third-order valence-corrected chi connectivity index (χ3v) is 5.02. The number of carbonyl (C=O) groups excluding carboxylic acids is 1. The lowest BCUT2D eigenvalue weighted by Gasteiger charge is -2.22. The summed E-state index contributed by atoms with van der Waals surface area (Å²) >= 11 is 1.11. The van der Waals surface area contributed by atoms with Crippen molar-refractivity contribution in [1.29, 1.82) is 0 Å². The number of hydrogen-bond donors (Lipinski definition) is 1. The van der Waals surface area contributed by atoms with Crippen LogP contribution < -0.4 is 10.1 Å². The third-order valence-electron chi connectivity index (χ3n) is 4.10. The molecule has 0 radical (unpaired) electrons. The van der Waals surface area contributed by atoms with Crippen LogP contribution in [0.4, 0.5) is 18.9 Å². The number of amides is 1. The summed E-state index contributed by atoms with van der Waals surface area (Å²) in [5.41, 5.74) is 2.05. The second-order valence-corrected chi connectivity index (χ2v) is 8.49. The molecule has 0 aliphatic rings. The number of benzene rings is 2. The van der Waals surface area contributed by atoms with E-state index in [4.69, 9.17) is 0 Å². The molecule has 1 N–H and O–H groups in total. The number of thioether (sulfide) groups is 1. The Bertz CT molecular complexity index is 1050. The summed E-state index contributed by atoms with van der Waals surface area (Å²) in [5.74, 6) is -0.533. The van der Waals surface area contributed by atoms with E-state index in [1.54, 1.807) is 0 Å².